The Morgan fingerprint density at radius 2 is 1.61 bits per heavy atom. The van der Waals surface area contributed by atoms with Gasteiger partial charge in [-0.25, -0.2) is 4.39 Å². The Morgan fingerprint density at radius 1 is 0.878 bits per heavy atom. The highest BCUT2D eigenvalue weighted by Gasteiger charge is 2.40. The zero-order valence-electron chi connectivity index (χ0n) is 20.9. The number of hydrogen-bond acceptors (Lipinski definition) is 3. The number of amides is 1. The number of rotatable bonds is 8. The van der Waals surface area contributed by atoms with Gasteiger partial charge in [0.15, 0.2) is 6.61 Å². The second-order valence-corrected chi connectivity index (χ2v) is 9.44. The predicted molar refractivity (Wildman–Crippen MR) is 137 cm³/mol. The van der Waals surface area contributed by atoms with E-state index >= 15 is 0 Å². The lowest BCUT2D eigenvalue weighted by atomic mass is 9.80. The predicted octanol–water partition coefficient (Wildman–Crippen LogP) is 7.75. The van der Waals surface area contributed by atoms with Gasteiger partial charge in [-0.3, -0.25) is 9.78 Å². The van der Waals surface area contributed by atoms with Gasteiger partial charge in [0.2, 0.25) is 0 Å². The van der Waals surface area contributed by atoms with Crippen LogP contribution in [-0.2, 0) is 18.1 Å². The van der Waals surface area contributed by atoms with Crippen LogP contribution < -0.4 is 10.1 Å². The largest absolute Gasteiger partial charge is 0.484 e. The van der Waals surface area contributed by atoms with Gasteiger partial charge in [0.05, 0.1) is 16.3 Å². The minimum atomic E-state index is -5.07. The molecule has 12 heteroatoms. The third kappa shape index (κ3) is 7.35. The number of carbonyl (C=O) groups is 1. The van der Waals surface area contributed by atoms with E-state index < -0.39 is 47.3 Å². The van der Waals surface area contributed by atoms with Crippen LogP contribution in [0.4, 0.5) is 30.7 Å². The lowest BCUT2D eigenvalue weighted by Gasteiger charge is -2.36. The molecular weight excluding hydrogens is 577 g/mol. The molecule has 0 bridgehead atoms. The molecule has 0 radical (unpaired) electrons. The van der Waals surface area contributed by atoms with E-state index in [0.29, 0.717) is 17.7 Å². The molecule has 4 rings (SSSR count). The fourth-order valence-corrected chi connectivity index (χ4v) is 4.33. The molecule has 0 aliphatic rings. The SMILES string of the molecule is O=C(NC(Cc1ccccc1)(c1cccc(OCC(F)(F)F)c1)c1ccc(Cl)cn1)c1ccc(F)c(C(F)(F)F)c1. The van der Waals surface area contributed by atoms with Gasteiger partial charge < -0.3 is 10.1 Å². The first-order chi connectivity index (χ1) is 19.3. The molecular formula is C29H20ClF7N2O2. The summed E-state index contributed by atoms with van der Waals surface area (Å²) >= 11 is 6.04. The summed E-state index contributed by atoms with van der Waals surface area (Å²) in [4.78, 5) is 17.9. The van der Waals surface area contributed by atoms with Gasteiger partial charge in [-0.05, 0) is 53.6 Å². The lowest BCUT2D eigenvalue weighted by Crippen LogP contribution is -2.49. The van der Waals surface area contributed by atoms with Crippen LogP contribution in [0.2, 0.25) is 5.02 Å². The van der Waals surface area contributed by atoms with Crippen molar-refractivity contribution in [1.29, 1.82) is 0 Å². The monoisotopic (exact) mass is 596 g/mol. The molecule has 0 aliphatic heterocycles. The Labute approximate surface area is 234 Å². The van der Waals surface area contributed by atoms with Crippen LogP contribution >= 0.6 is 11.6 Å². The molecule has 0 saturated heterocycles. The highest BCUT2D eigenvalue weighted by molar-refractivity contribution is 6.30. The van der Waals surface area contributed by atoms with E-state index in [9.17, 15) is 35.5 Å². The number of nitrogens with zero attached hydrogens (tertiary/aromatic N) is 1. The number of alkyl halides is 6. The van der Waals surface area contributed by atoms with Crippen LogP contribution in [0.3, 0.4) is 0 Å². The van der Waals surface area contributed by atoms with Crippen molar-refractivity contribution in [2.45, 2.75) is 24.3 Å². The van der Waals surface area contributed by atoms with Crippen LogP contribution in [0, 0.1) is 5.82 Å². The van der Waals surface area contributed by atoms with Crippen LogP contribution in [0.15, 0.2) is 91.1 Å². The van der Waals surface area contributed by atoms with Gasteiger partial charge >= 0.3 is 12.4 Å². The Balaban J connectivity index is 1.89. The van der Waals surface area contributed by atoms with Crippen molar-refractivity contribution in [3.63, 3.8) is 0 Å². The Bertz CT molecular complexity index is 1510. The number of carbonyl (C=O) groups excluding carboxylic acids is 1. The van der Waals surface area contributed by atoms with E-state index in [1.807, 2.05) is 0 Å². The summed E-state index contributed by atoms with van der Waals surface area (Å²) in [7, 11) is 0. The molecule has 3 aromatic carbocycles. The van der Waals surface area contributed by atoms with Gasteiger partial charge in [0, 0.05) is 18.2 Å². The van der Waals surface area contributed by atoms with Crippen LogP contribution in [0.1, 0.15) is 32.7 Å². The normalized spacial score (nSPS) is 13.4. The van der Waals surface area contributed by atoms with E-state index in [1.165, 1.54) is 42.6 Å². The fourth-order valence-electron chi connectivity index (χ4n) is 4.22. The van der Waals surface area contributed by atoms with Crippen molar-refractivity contribution in [2.75, 3.05) is 6.61 Å². The number of aromatic nitrogens is 1. The second-order valence-electron chi connectivity index (χ2n) is 9.01. The van der Waals surface area contributed by atoms with E-state index in [4.69, 9.17) is 16.3 Å². The molecule has 1 heterocycles. The molecule has 214 valence electrons. The number of pyridine rings is 1. The molecule has 1 atom stereocenters. The summed E-state index contributed by atoms with van der Waals surface area (Å²) in [6.07, 6.45) is -8.44. The maximum absolute atomic E-state index is 14.0. The lowest BCUT2D eigenvalue weighted by molar-refractivity contribution is -0.153. The van der Waals surface area contributed by atoms with E-state index in [-0.39, 0.29) is 28.5 Å². The first-order valence-electron chi connectivity index (χ1n) is 11.9. The minimum Gasteiger partial charge on any atom is -0.484 e. The van der Waals surface area contributed by atoms with Crippen molar-refractivity contribution in [1.82, 2.24) is 10.3 Å². The maximum atomic E-state index is 14.0. The number of ether oxygens (including phenoxy) is 1. The molecule has 0 spiro atoms. The highest BCUT2D eigenvalue weighted by Crippen LogP contribution is 2.36. The number of hydrogen-bond donors (Lipinski definition) is 1. The molecule has 41 heavy (non-hydrogen) atoms. The summed E-state index contributed by atoms with van der Waals surface area (Å²) in [5.41, 5.74) is -2.78. The Morgan fingerprint density at radius 3 is 2.24 bits per heavy atom. The molecule has 1 amide bonds. The first kappa shape index (κ1) is 29.9. The van der Waals surface area contributed by atoms with Gasteiger partial charge in [-0.1, -0.05) is 54.1 Å². The molecule has 0 aliphatic carbocycles. The smallest absolute Gasteiger partial charge is 0.422 e. The summed E-state index contributed by atoms with van der Waals surface area (Å²) in [5.74, 6) is -2.76. The van der Waals surface area contributed by atoms with Gasteiger partial charge in [0.1, 0.15) is 17.1 Å². The van der Waals surface area contributed by atoms with Crippen molar-refractivity contribution < 1.29 is 40.3 Å². The Kier molecular flexibility index (Phi) is 8.58. The molecule has 4 nitrogen and oxygen atoms in total. The van der Waals surface area contributed by atoms with E-state index in [1.54, 1.807) is 30.3 Å². The summed E-state index contributed by atoms with van der Waals surface area (Å²) in [6, 6.07) is 18.9. The molecule has 1 aromatic heterocycles. The molecule has 4 aromatic rings. The average Bonchev–Trinajstić information content (AvgIpc) is 2.92. The van der Waals surface area contributed by atoms with Crippen molar-refractivity contribution in [3.05, 3.63) is 130 Å². The Hall–Kier alpha value is -4.12. The topological polar surface area (TPSA) is 51.2 Å². The average molecular weight is 597 g/mol. The number of halogens is 8. The first-order valence-corrected chi connectivity index (χ1v) is 12.3. The van der Waals surface area contributed by atoms with Gasteiger partial charge in [-0.2, -0.15) is 26.3 Å². The summed E-state index contributed by atoms with van der Waals surface area (Å²) in [5, 5.41) is 2.97. The van der Waals surface area contributed by atoms with E-state index in [2.05, 4.69) is 10.3 Å². The number of nitrogens with one attached hydrogen (secondary N) is 1. The summed E-state index contributed by atoms with van der Waals surface area (Å²) in [6.45, 7) is -1.58. The molecule has 0 saturated carbocycles. The maximum Gasteiger partial charge on any atom is 0.422 e. The fraction of sp³-hybridized carbons (Fsp3) is 0.172. The summed E-state index contributed by atoms with van der Waals surface area (Å²) < 4.78 is 97.6. The minimum absolute atomic E-state index is 0.0374. The second kappa shape index (κ2) is 11.8. The third-order valence-electron chi connectivity index (χ3n) is 6.07. The molecule has 1 unspecified atom stereocenters. The van der Waals surface area contributed by atoms with Crippen LogP contribution in [0.5, 0.6) is 5.75 Å². The van der Waals surface area contributed by atoms with Crippen LogP contribution in [-0.4, -0.2) is 23.7 Å². The highest BCUT2D eigenvalue weighted by atomic mass is 35.5. The molecule has 0 fully saturated rings. The molecule has 1 N–H and O–H groups in total. The third-order valence-corrected chi connectivity index (χ3v) is 6.29. The van der Waals surface area contributed by atoms with Gasteiger partial charge in [0.25, 0.3) is 5.91 Å². The quantitative estimate of drug-likeness (QED) is 0.212. The van der Waals surface area contributed by atoms with Crippen LogP contribution in [0.25, 0.3) is 0 Å². The van der Waals surface area contributed by atoms with Crippen molar-refractivity contribution in [2.24, 2.45) is 0 Å². The van der Waals surface area contributed by atoms with Gasteiger partial charge in [-0.15, -0.1) is 0 Å². The standard InChI is InChI=1S/C29H20ClF7N2O2/c30-21-10-12-25(38-16-21)27(15-18-5-2-1-3-6-18,20-7-4-8-22(14-20)41-17-28(32,33)34)39-26(40)19-9-11-24(31)23(13-19)29(35,36)37/h1-14,16H,15,17H2,(H,39,40). The zero-order chi connectivity index (χ0) is 29.8. The van der Waals surface area contributed by atoms with E-state index in [0.717, 1.165) is 6.07 Å². The zero-order valence-corrected chi connectivity index (χ0v) is 21.6. The van der Waals surface area contributed by atoms with Crippen molar-refractivity contribution in [3.8, 4) is 5.75 Å². The van der Waals surface area contributed by atoms with Crippen molar-refractivity contribution >= 4 is 17.5 Å². The number of benzene rings is 3.